The number of carboxylic acid groups (broad SMARTS) is 1. The molecule has 28 heavy (non-hydrogen) atoms. The minimum Gasteiger partial charge on any atom is -0.481 e. The zero-order valence-corrected chi connectivity index (χ0v) is 16.2. The molecule has 1 heterocycles. The fourth-order valence-electron chi connectivity index (χ4n) is 4.04. The van der Waals surface area contributed by atoms with Gasteiger partial charge >= 0.3 is 5.97 Å². The Morgan fingerprint density at radius 1 is 1.18 bits per heavy atom. The number of methoxy groups -OCH3 is 1. The van der Waals surface area contributed by atoms with Crippen LogP contribution in [0.15, 0.2) is 47.4 Å². The SMILES string of the molecule is COC[C@@]1(C(=O)O)[C@@H](c2ccc3c(c2)OCO3)[C@@H]1S(=O)(=O)c1ccc(C)cc1. The Bertz CT molecular complexity index is 1030. The van der Waals surface area contributed by atoms with Crippen LogP contribution < -0.4 is 9.47 Å². The highest BCUT2D eigenvalue weighted by atomic mass is 32.2. The summed E-state index contributed by atoms with van der Waals surface area (Å²) in [6, 6.07) is 11.4. The number of aryl methyl sites for hydroxylation is 1. The first kappa shape index (κ1) is 18.8. The molecule has 4 rings (SSSR count). The number of carboxylic acids is 1. The van der Waals surface area contributed by atoms with E-state index < -0.39 is 32.4 Å². The van der Waals surface area contributed by atoms with Crippen molar-refractivity contribution in [2.75, 3.05) is 20.5 Å². The maximum Gasteiger partial charge on any atom is 0.314 e. The summed E-state index contributed by atoms with van der Waals surface area (Å²) in [6.45, 7) is 1.73. The fraction of sp³-hybridized carbons (Fsp3) is 0.350. The molecule has 1 fully saturated rings. The van der Waals surface area contributed by atoms with E-state index in [1.54, 1.807) is 30.3 Å². The smallest absolute Gasteiger partial charge is 0.314 e. The molecule has 0 spiro atoms. The monoisotopic (exact) mass is 404 g/mol. The van der Waals surface area contributed by atoms with Crippen molar-refractivity contribution in [1.82, 2.24) is 0 Å². The third kappa shape index (κ3) is 2.67. The number of fused-ring (bicyclic) bond motifs is 1. The average Bonchev–Trinajstić information content (AvgIpc) is 3.13. The van der Waals surface area contributed by atoms with Gasteiger partial charge in [0.05, 0.1) is 16.8 Å². The summed E-state index contributed by atoms with van der Waals surface area (Å²) in [5.41, 5.74) is -0.0700. The fourth-order valence-corrected chi connectivity index (χ4v) is 6.40. The summed E-state index contributed by atoms with van der Waals surface area (Å²) in [5, 5.41) is 8.85. The minimum atomic E-state index is -3.90. The highest BCUT2D eigenvalue weighted by molar-refractivity contribution is 7.92. The molecule has 8 heteroatoms. The van der Waals surface area contributed by atoms with Crippen LogP contribution in [0.3, 0.4) is 0 Å². The van der Waals surface area contributed by atoms with Crippen molar-refractivity contribution in [2.24, 2.45) is 5.41 Å². The lowest BCUT2D eigenvalue weighted by atomic mass is 9.99. The highest BCUT2D eigenvalue weighted by Gasteiger charge is 2.76. The second kappa shape index (κ2) is 6.49. The Kier molecular flexibility index (Phi) is 4.35. The number of aliphatic carboxylic acids is 1. The van der Waals surface area contributed by atoms with E-state index in [0.717, 1.165) is 5.56 Å². The Hall–Kier alpha value is -2.58. The number of hydrogen-bond acceptors (Lipinski definition) is 6. The predicted octanol–water partition coefficient (Wildman–Crippen LogP) is 2.38. The molecule has 0 bridgehead atoms. The summed E-state index contributed by atoms with van der Waals surface area (Å²) in [6.07, 6.45) is 0. The molecule has 1 aliphatic carbocycles. The Labute approximate surface area is 162 Å². The molecule has 1 saturated carbocycles. The van der Waals surface area contributed by atoms with Crippen LogP contribution in [0.4, 0.5) is 0 Å². The largest absolute Gasteiger partial charge is 0.481 e. The lowest BCUT2D eigenvalue weighted by molar-refractivity contribution is -0.145. The van der Waals surface area contributed by atoms with E-state index in [1.165, 1.54) is 19.2 Å². The zero-order chi connectivity index (χ0) is 20.1. The van der Waals surface area contributed by atoms with Gasteiger partial charge in [0.1, 0.15) is 5.41 Å². The first-order chi connectivity index (χ1) is 13.3. The number of hydrogen-bond donors (Lipinski definition) is 1. The van der Waals surface area contributed by atoms with Crippen LogP contribution in [0, 0.1) is 12.3 Å². The lowest BCUT2D eigenvalue weighted by Gasteiger charge is -2.12. The molecule has 0 amide bonds. The van der Waals surface area contributed by atoms with Crippen molar-refractivity contribution in [2.45, 2.75) is 23.0 Å². The van der Waals surface area contributed by atoms with Crippen LogP contribution >= 0.6 is 0 Å². The third-order valence-electron chi connectivity index (χ3n) is 5.48. The van der Waals surface area contributed by atoms with Crippen molar-refractivity contribution in [1.29, 1.82) is 0 Å². The lowest BCUT2D eigenvalue weighted by Crippen LogP contribution is -2.28. The van der Waals surface area contributed by atoms with Crippen LogP contribution in [0.25, 0.3) is 0 Å². The Morgan fingerprint density at radius 2 is 1.86 bits per heavy atom. The van der Waals surface area contributed by atoms with E-state index in [-0.39, 0.29) is 18.3 Å². The molecule has 2 aromatic rings. The van der Waals surface area contributed by atoms with Gasteiger partial charge in [0.15, 0.2) is 21.3 Å². The highest BCUT2D eigenvalue weighted by Crippen LogP contribution is 2.65. The number of benzene rings is 2. The van der Waals surface area contributed by atoms with Gasteiger partial charge in [0.2, 0.25) is 6.79 Å². The Morgan fingerprint density at radius 3 is 2.50 bits per heavy atom. The van der Waals surface area contributed by atoms with Crippen molar-refractivity contribution in [3.05, 3.63) is 53.6 Å². The number of ether oxygens (including phenoxy) is 3. The number of sulfone groups is 1. The van der Waals surface area contributed by atoms with Crippen LogP contribution in [0.1, 0.15) is 17.0 Å². The van der Waals surface area contributed by atoms with Crippen molar-refractivity contribution >= 4 is 15.8 Å². The summed E-state index contributed by atoms with van der Waals surface area (Å²) in [7, 11) is -2.53. The molecule has 148 valence electrons. The first-order valence-electron chi connectivity index (χ1n) is 8.75. The van der Waals surface area contributed by atoms with E-state index in [0.29, 0.717) is 17.1 Å². The van der Waals surface area contributed by atoms with Gasteiger partial charge in [-0.3, -0.25) is 4.79 Å². The van der Waals surface area contributed by atoms with Crippen molar-refractivity contribution < 1.29 is 32.5 Å². The predicted molar refractivity (Wildman–Crippen MR) is 99.4 cm³/mol. The molecule has 3 atom stereocenters. The second-order valence-corrected chi connectivity index (χ2v) is 9.22. The standard InChI is InChI=1S/C20H20O7S/c1-12-3-6-14(7-4-12)28(23,24)18-17(20(18,10-25-2)19(21)22)13-5-8-15-16(9-13)27-11-26-15/h3-9,17-18H,10-11H2,1-2H3,(H,21,22)/t17-,18-,20+/m0/s1. The normalized spacial score (nSPS) is 25.5. The topological polar surface area (TPSA) is 99.1 Å². The van der Waals surface area contributed by atoms with E-state index in [4.69, 9.17) is 14.2 Å². The quantitative estimate of drug-likeness (QED) is 0.789. The molecule has 1 aliphatic heterocycles. The van der Waals surface area contributed by atoms with Crippen LogP contribution in [0.5, 0.6) is 11.5 Å². The Balaban J connectivity index is 1.81. The van der Waals surface area contributed by atoms with E-state index >= 15 is 0 Å². The zero-order valence-electron chi connectivity index (χ0n) is 15.4. The molecule has 0 saturated heterocycles. The summed E-state index contributed by atoms with van der Waals surface area (Å²) >= 11 is 0. The van der Waals surface area contributed by atoms with E-state index in [9.17, 15) is 18.3 Å². The van der Waals surface area contributed by atoms with Gasteiger partial charge < -0.3 is 19.3 Å². The molecule has 0 aromatic heterocycles. The summed E-state index contributed by atoms with van der Waals surface area (Å²) < 4.78 is 42.5. The molecule has 2 aliphatic rings. The van der Waals surface area contributed by atoms with Crippen LogP contribution in [-0.4, -0.2) is 45.3 Å². The van der Waals surface area contributed by atoms with E-state index in [2.05, 4.69) is 0 Å². The molecular formula is C20H20O7S. The maximum absolute atomic E-state index is 13.3. The van der Waals surface area contributed by atoms with Gasteiger partial charge in [-0.15, -0.1) is 0 Å². The molecule has 1 N–H and O–H groups in total. The molecule has 0 unspecified atom stereocenters. The summed E-state index contributed by atoms with van der Waals surface area (Å²) in [5.74, 6) is -0.925. The van der Waals surface area contributed by atoms with Crippen molar-refractivity contribution in [3.63, 3.8) is 0 Å². The maximum atomic E-state index is 13.3. The second-order valence-electron chi connectivity index (χ2n) is 7.15. The number of carbonyl (C=O) groups is 1. The van der Waals surface area contributed by atoms with Gasteiger partial charge in [-0.2, -0.15) is 0 Å². The molecule has 7 nitrogen and oxygen atoms in total. The summed E-state index contributed by atoms with van der Waals surface area (Å²) in [4.78, 5) is 12.3. The van der Waals surface area contributed by atoms with Crippen LogP contribution in [-0.2, 0) is 19.4 Å². The van der Waals surface area contributed by atoms with Gasteiger partial charge in [0, 0.05) is 13.0 Å². The molecular weight excluding hydrogens is 384 g/mol. The van der Waals surface area contributed by atoms with E-state index in [1.807, 2.05) is 6.92 Å². The van der Waals surface area contributed by atoms with Gasteiger partial charge in [-0.25, -0.2) is 8.42 Å². The van der Waals surface area contributed by atoms with Gasteiger partial charge in [-0.05, 0) is 36.8 Å². The molecule has 2 aromatic carbocycles. The molecule has 0 radical (unpaired) electrons. The van der Waals surface area contributed by atoms with Gasteiger partial charge in [0.25, 0.3) is 0 Å². The third-order valence-corrected chi connectivity index (χ3v) is 7.77. The first-order valence-corrected chi connectivity index (χ1v) is 10.3. The number of rotatable bonds is 6. The average molecular weight is 404 g/mol. The minimum absolute atomic E-state index is 0.0801. The van der Waals surface area contributed by atoms with Gasteiger partial charge in [-0.1, -0.05) is 23.8 Å². The van der Waals surface area contributed by atoms with Crippen LogP contribution in [0.2, 0.25) is 0 Å². The van der Waals surface area contributed by atoms with Crippen molar-refractivity contribution in [3.8, 4) is 11.5 Å².